The SMILES string of the molecule is CO/N=C(\C(=O)OC)c1cc(NC(c2ccccc2)(c2ccccc2)c2ccccc2)no1. The summed E-state index contributed by atoms with van der Waals surface area (Å²) in [6, 6.07) is 31.8. The van der Waals surface area contributed by atoms with Crippen LogP contribution in [0.2, 0.25) is 0 Å². The molecule has 0 amide bonds. The molecule has 0 fully saturated rings. The Hall–Kier alpha value is -4.39. The lowest BCUT2D eigenvalue weighted by atomic mass is 9.77. The van der Waals surface area contributed by atoms with Gasteiger partial charge >= 0.3 is 5.97 Å². The lowest BCUT2D eigenvalue weighted by Crippen LogP contribution is -2.38. The Kier molecular flexibility index (Phi) is 6.50. The zero-order valence-electron chi connectivity index (χ0n) is 18.3. The topological polar surface area (TPSA) is 86.0 Å². The first-order chi connectivity index (χ1) is 16.2. The molecule has 3 aromatic carbocycles. The van der Waals surface area contributed by atoms with Crippen LogP contribution in [-0.4, -0.2) is 31.1 Å². The zero-order chi connectivity index (χ0) is 23.1. The molecule has 0 saturated heterocycles. The summed E-state index contributed by atoms with van der Waals surface area (Å²) in [7, 11) is 2.60. The van der Waals surface area contributed by atoms with Crippen LogP contribution in [0.25, 0.3) is 0 Å². The quantitative estimate of drug-likeness (QED) is 0.186. The van der Waals surface area contributed by atoms with Gasteiger partial charge in [0.1, 0.15) is 12.6 Å². The highest BCUT2D eigenvalue weighted by molar-refractivity contribution is 6.42. The highest BCUT2D eigenvalue weighted by Gasteiger charge is 2.37. The second-order valence-electron chi connectivity index (χ2n) is 7.16. The molecule has 7 heteroatoms. The number of oxime groups is 1. The van der Waals surface area contributed by atoms with Crippen molar-refractivity contribution in [3.63, 3.8) is 0 Å². The van der Waals surface area contributed by atoms with Gasteiger partial charge in [0.2, 0.25) is 5.71 Å². The molecule has 0 unspecified atom stereocenters. The van der Waals surface area contributed by atoms with E-state index in [1.165, 1.54) is 14.2 Å². The molecule has 0 aliphatic carbocycles. The van der Waals surface area contributed by atoms with Gasteiger partial charge in [-0.15, -0.1) is 0 Å². The summed E-state index contributed by atoms with van der Waals surface area (Å²) < 4.78 is 10.2. The maximum absolute atomic E-state index is 12.1. The fourth-order valence-electron chi connectivity index (χ4n) is 3.79. The van der Waals surface area contributed by atoms with E-state index in [9.17, 15) is 4.79 Å². The van der Waals surface area contributed by atoms with Gasteiger partial charge in [-0.3, -0.25) is 0 Å². The molecular weight excluding hydrogens is 418 g/mol. The number of anilines is 1. The van der Waals surface area contributed by atoms with Crippen molar-refractivity contribution in [2.75, 3.05) is 19.5 Å². The Morgan fingerprint density at radius 3 is 1.76 bits per heavy atom. The van der Waals surface area contributed by atoms with Gasteiger partial charge in [0, 0.05) is 6.07 Å². The first-order valence-corrected chi connectivity index (χ1v) is 10.3. The number of benzene rings is 3. The number of nitrogens with zero attached hydrogens (tertiary/aromatic N) is 2. The number of carbonyl (C=O) groups excluding carboxylic acids is 1. The number of methoxy groups -OCH3 is 1. The van der Waals surface area contributed by atoms with E-state index >= 15 is 0 Å². The van der Waals surface area contributed by atoms with E-state index in [1.807, 2.05) is 54.6 Å². The minimum atomic E-state index is -0.790. The highest BCUT2D eigenvalue weighted by atomic mass is 16.6. The minimum Gasteiger partial charge on any atom is -0.464 e. The monoisotopic (exact) mass is 441 g/mol. The number of esters is 1. The number of hydrogen-bond donors (Lipinski definition) is 1. The molecule has 1 heterocycles. The fraction of sp³-hybridized carbons (Fsp3) is 0.115. The second kappa shape index (κ2) is 9.82. The van der Waals surface area contributed by atoms with E-state index in [0.717, 1.165) is 16.7 Å². The number of ether oxygens (including phenoxy) is 1. The molecule has 0 aliphatic heterocycles. The van der Waals surface area contributed by atoms with E-state index in [4.69, 9.17) is 14.1 Å². The van der Waals surface area contributed by atoms with E-state index in [2.05, 4.69) is 52.0 Å². The third kappa shape index (κ3) is 4.34. The largest absolute Gasteiger partial charge is 0.464 e. The van der Waals surface area contributed by atoms with Crippen molar-refractivity contribution in [1.82, 2.24) is 5.16 Å². The summed E-state index contributed by atoms with van der Waals surface area (Å²) in [4.78, 5) is 16.9. The standard InChI is InChI=1S/C26H23N3O4/c1-31-25(30)24(29-32-2)22-18-23(28-33-22)27-26(19-12-6-3-7-13-19,20-14-8-4-9-15-20)21-16-10-5-11-17-21/h3-18H,1-2H3,(H,27,28)/b29-24-. The van der Waals surface area contributed by atoms with Gasteiger partial charge in [-0.05, 0) is 16.7 Å². The molecule has 0 bridgehead atoms. The summed E-state index contributed by atoms with van der Waals surface area (Å²) in [6.45, 7) is 0. The van der Waals surface area contributed by atoms with Gasteiger partial charge in [0.15, 0.2) is 11.6 Å². The number of hydrogen-bond acceptors (Lipinski definition) is 7. The Labute approximate surface area is 191 Å². The van der Waals surface area contributed by atoms with Crippen molar-refractivity contribution in [1.29, 1.82) is 0 Å². The Balaban J connectivity index is 1.88. The smallest absolute Gasteiger partial charge is 0.364 e. The minimum absolute atomic E-state index is 0.120. The molecule has 0 aliphatic rings. The number of rotatable bonds is 8. The number of nitrogens with one attached hydrogen (secondary N) is 1. The van der Waals surface area contributed by atoms with Gasteiger partial charge in [-0.2, -0.15) is 0 Å². The molecule has 0 saturated carbocycles. The predicted octanol–water partition coefficient (Wildman–Crippen LogP) is 4.60. The van der Waals surface area contributed by atoms with Crippen molar-refractivity contribution in [3.8, 4) is 0 Å². The lowest BCUT2D eigenvalue weighted by Gasteiger charge is -2.36. The van der Waals surface area contributed by atoms with Crippen LogP contribution in [0.15, 0.2) is 107 Å². The van der Waals surface area contributed by atoms with Crippen LogP contribution in [0, 0.1) is 0 Å². The van der Waals surface area contributed by atoms with E-state index in [0.29, 0.717) is 5.82 Å². The molecule has 0 spiro atoms. The van der Waals surface area contributed by atoms with Crippen molar-refractivity contribution in [3.05, 3.63) is 120 Å². The second-order valence-corrected chi connectivity index (χ2v) is 7.16. The third-order valence-electron chi connectivity index (χ3n) is 5.24. The van der Waals surface area contributed by atoms with E-state index in [1.54, 1.807) is 6.07 Å². The van der Waals surface area contributed by atoms with Crippen LogP contribution in [-0.2, 0) is 19.9 Å². The van der Waals surface area contributed by atoms with Crippen LogP contribution < -0.4 is 5.32 Å². The molecule has 1 aromatic heterocycles. The summed E-state index contributed by atoms with van der Waals surface area (Å²) in [6.07, 6.45) is 0. The third-order valence-corrected chi connectivity index (χ3v) is 5.24. The van der Waals surface area contributed by atoms with Crippen molar-refractivity contribution in [2.45, 2.75) is 5.54 Å². The average Bonchev–Trinajstić information content (AvgIpc) is 3.35. The highest BCUT2D eigenvalue weighted by Crippen LogP contribution is 2.39. The molecular formula is C26H23N3O4. The van der Waals surface area contributed by atoms with Gasteiger partial charge in [0.05, 0.1) is 7.11 Å². The molecule has 33 heavy (non-hydrogen) atoms. The van der Waals surface area contributed by atoms with Crippen LogP contribution in [0.1, 0.15) is 22.5 Å². The normalized spacial score (nSPS) is 11.6. The molecule has 0 radical (unpaired) electrons. The Morgan fingerprint density at radius 2 is 1.33 bits per heavy atom. The molecule has 7 nitrogen and oxygen atoms in total. The van der Waals surface area contributed by atoms with Crippen LogP contribution >= 0.6 is 0 Å². The van der Waals surface area contributed by atoms with Gasteiger partial charge < -0.3 is 19.4 Å². The molecule has 4 aromatic rings. The Bertz CT molecular complexity index is 1130. The van der Waals surface area contributed by atoms with Crippen molar-refractivity contribution in [2.24, 2.45) is 5.16 Å². The molecule has 1 N–H and O–H groups in total. The van der Waals surface area contributed by atoms with Crippen molar-refractivity contribution >= 4 is 17.5 Å². The number of carbonyl (C=O) groups is 1. The van der Waals surface area contributed by atoms with Crippen molar-refractivity contribution < 1.29 is 18.9 Å². The van der Waals surface area contributed by atoms with Crippen LogP contribution in [0.3, 0.4) is 0 Å². The fourth-order valence-corrected chi connectivity index (χ4v) is 3.79. The average molecular weight is 441 g/mol. The maximum Gasteiger partial charge on any atom is 0.364 e. The maximum atomic E-state index is 12.1. The van der Waals surface area contributed by atoms with Gasteiger partial charge in [0.25, 0.3) is 0 Å². The summed E-state index contributed by atoms with van der Waals surface area (Å²) in [5.74, 6) is -0.163. The lowest BCUT2D eigenvalue weighted by molar-refractivity contribution is -0.132. The Morgan fingerprint density at radius 1 is 0.848 bits per heavy atom. The van der Waals surface area contributed by atoms with Gasteiger partial charge in [-0.25, -0.2) is 4.79 Å². The first-order valence-electron chi connectivity index (χ1n) is 10.3. The van der Waals surface area contributed by atoms with Gasteiger partial charge in [-0.1, -0.05) is 101 Å². The van der Waals surface area contributed by atoms with Crippen LogP contribution in [0.5, 0.6) is 0 Å². The molecule has 166 valence electrons. The first kappa shape index (κ1) is 21.8. The predicted molar refractivity (Wildman–Crippen MR) is 125 cm³/mol. The number of aromatic nitrogens is 1. The zero-order valence-corrected chi connectivity index (χ0v) is 18.3. The molecule has 0 atom stereocenters. The van der Waals surface area contributed by atoms with Crippen LogP contribution in [0.4, 0.5) is 5.82 Å². The summed E-state index contributed by atoms with van der Waals surface area (Å²) in [5.41, 5.74) is 2.11. The molecule has 4 rings (SSSR count). The summed E-state index contributed by atoms with van der Waals surface area (Å²) in [5, 5.41) is 11.5. The van der Waals surface area contributed by atoms with E-state index in [-0.39, 0.29) is 11.5 Å². The summed E-state index contributed by atoms with van der Waals surface area (Å²) >= 11 is 0. The van der Waals surface area contributed by atoms with E-state index < -0.39 is 11.5 Å².